The van der Waals surface area contributed by atoms with Gasteiger partial charge in [0.1, 0.15) is 0 Å². The third-order valence-corrected chi connectivity index (χ3v) is 4.08. The second-order valence-corrected chi connectivity index (χ2v) is 5.53. The van der Waals surface area contributed by atoms with Crippen molar-refractivity contribution in [1.29, 1.82) is 0 Å². The first-order chi connectivity index (χ1) is 10.3. The Hall–Kier alpha value is -2.17. The number of para-hydroxylation sites is 1. The number of rotatable bonds is 4. The number of benzene rings is 1. The van der Waals surface area contributed by atoms with E-state index < -0.39 is 0 Å². The molecule has 1 aromatic heterocycles. The molecule has 2 aromatic rings. The highest BCUT2D eigenvalue weighted by atomic mass is 16.2. The number of amides is 1. The predicted octanol–water partition coefficient (Wildman–Crippen LogP) is 1.70. The van der Waals surface area contributed by atoms with Gasteiger partial charge < -0.3 is 5.32 Å². The molecule has 1 fully saturated rings. The van der Waals surface area contributed by atoms with E-state index in [1.807, 2.05) is 18.2 Å². The number of nitrogens with zero attached hydrogens (tertiary/aromatic N) is 2. The van der Waals surface area contributed by atoms with E-state index >= 15 is 0 Å². The fraction of sp³-hybridized carbons (Fsp3) is 0.438. The van der Waals surface area contributed by atoms with Crippen LogP contribution in [0.3, 0.4) is 0 Å². The first-order valence-electron chi connectivity index (χ1n) is 7.47. The third kappa shape index (κ3) is 2.96. The molecular weight excluding hydrogens is 266 g/mol. The van der Waals surface area contributed by atoms with Gasteiger partial charge in [-0.2, -0.15) is 0 Å². The average molecular weight is 285 g/mol. The minimum absolute atomic E-state index is 0.00584. The van der Waals surface area contributed by atoms with Crippen molar-refractivity contribution < 1.29 is 4.79 Å². The van der Waals surface area contributed by atoms with Crippen LogP contribution in [-0.4, -0.2) is 22.0 Å². The summed E-state index contributed by atoms with van der Waals surface area (Å²) in [6.07, 6.45) is 5.25. The lowest BCUT2D eigenvalue weighted by molar-refractivity contribution is -0.126. The van der Waals surface area contributed by atoms with Crippen molar-refractivity contribution in [3.63, 3.8) is 0 Å². The Kier molecular flexibility index (Phi) is 3.99. The maximum atomic E-state index is 12.3. The molecule has 1 saturated heterocycles. The number of nitrogens with one attached hydrogen (secondary N) is 1. The van der Waals surface area contributed by atoms with E-state index in [4.69, 9.17) is 0 Å². The summed E-state index contributed by atoms with van der Waals surface area (Å²) >= 11 is 0. The Morgan fingerprint density at radius 1 is 1.29 bits per heavy atom. The summed E-state index contributed by atoms with van der Waals surface area (Å²) in [6.45, 7) is 1.41. The van der Waals surface area contributed by atoms with Crippen LogP contribution in [0.5, 0.6) is 0 Å². The molecule has 5 heteroatoms. The number of carbonyl (C=O) groups is 1. The molecule has 0 spiro atoms. The molecule has 110 valence electrons. The van der Waals surface area contributed by atoms with E-state index in [1.54, 1.807) is 17.0 Å². The fourth-order valence-corrected chi connectivity index (χ4v) is 2.88. The third-order valence-electron chi connectivity index (χ3n) is 4.08. The van der Waals surface area contributed by atoms with Crippen molar-refractivity contribution in [1.82, 2.24) is 14.9 Å². The molecule has 2 heterocycles. The van der Waals surface area contributed by atoms with Crippen LogP contribution in [0.15, 0.2) is 35.4 Å². The molecule has 1 N–H and O–H groups in total. The van der Waals surface area contributed by atoms with Crippen molar-refractivity contribution in [3.05, 3.63) is 40.9 Å². The van der Waals surface area contributed by atoms with Gasteiger partial charge in [0.05, 0.1) is 17.2 Å². The maximum absolute atomic E-state index is 12.3. The topological polar surface area (TPSA) is 64.0 Å². The number of fused-ring (bicyclic) bond motifs is 1. The smallest absolute Gasteiger partial charge is 0.261 e. The summed E-state index contributed by atoms with van der Waals surface area (Å²) in [5, 5.41) is 3.55. The number of hydrogen-bond donors (Lipinski definition) is 1. The Morgan fingerprint density at radius 3 is 3.00 bits per heavy atom. The Balaban J connectivity index is 1.67. The summed E-state index contributed by atoms with van der Waals surface area (Å²) in [6, 6.07) is 7.37. The molecule has 0 radical (unpaired) electrons. The molecule has 21 heavy (non-hydrogen) atoms. The minimum atomic E-state index is -0.00584. The van der Waals surface area contributed by atoms with E-state index in [0.717, 1.165) is 37.7 Å². The Bertz CT molecular complexity index is 708. The standard InChI is InChI=1S/C16H19N3O2/c20-15-12(5-3-9-17-15)6-4-10-19-11-18-14-8-2-1-7-13(14)16(19)21/h1-2,7-8,11-12H,3-6,9-10H2,(H,17,20). The van der Waals surface area contributed by atoms with Crippen molar-refractivity contribution in [3.8, 4) is 0 Å². The molecular formula is C16H19N3O2. The van der Waals surface area contributed by atoms with Gasteiger partial charge >= 0.3 is 0 Å². The molecule has 0 saturated carbocycles. The zero-order valence-corrected chi connectivity index (χ0v) is 11.9. The van der Waals surface area contributed by atoms with E-state index in [2.05, 4.69) is 10.3 Å². The molecule has 1 aromatic carbocycles. The van der Waals surface area contributed by atoms with Crippen LogP contribution in [0.2, 0.25) is 0 Å². The average Bonchev–Trinajstić information content (AvgIpc) is 2.52. The lowest BCUT2D eigenvalue weighted by atomic mass is 9.94. The van der Waals surface area contributed by atoms with E-state index in [1.165, 1.54) is 0 Å². The zero-order valence-electron chi connectivity index (χ0n) is 11.9. The molecule has 1 unspecified atom stereocenters. The van der Waals surface area contributed by atoms with Crippen LogP contribution in [-0.2, 0) is 11.3 Å². The van der Waals surface area contributed by atoms with Crippen molar-refractivity contribution in [2.45, 2.75) is 32.2 Å². The van der Waals surface area contributed by atoms with Crippen molar-refractivity contribution in [2.24, 2.45) is 5.92 Å². The quantitative estimate of drug-likeness (QED) is 0.930. The minimum Gasteiger partial charge on any atom is -0.356 e. The lowest BCUT2D eigenvalue weighted by Gasteiger charge is -2.21. The van der Waals surface area contributed by atoms with Crippen molar-refractivity contribution >= 4 is 16.8 Å². The molecule has 5 nitrogen and oxygen atoms in total. The number of aromatic nitrogens is 2. The van der Waals surface area contributed by atoms with Crippen molar-refractivity contribution in [2.75, 3.05) is 6.54 Å². The van der Waals surface area contributed by atoms with Crippen LogP contribution in [0, 0.1) is 5.92 Å². The fourth-order valence-electron chi connectivity index (χ4n) is 2.88. The first kappa shape index (κ1) is 13.8. The highest BCUT2D eigenvalue weighted by Gasteiger charge is 2.21. The summed E-state index contributed by atoms with van der Waals surface area (Å²) in [4.78, 5) is 28.3. The van der Waals surface area contributed by atoms with E-state index in [-0.39, 0.29) is 17.4 Å². The Labute approximate surface area is 123 Å². The van der Waals surface area contributed by atoms with Gasteiger partial charge in [-0.05, 0) is 37.8 Å². The van der Waals surface area contributed by atoms with E-state index in [0.29, 0.717) is 11.9 Å². The predicted molar refractivity (Wildman–Crippen MR) is 81.0 cm³/mol. The second-order valence-electron chi connectivity index (χ2n) is 5.53. The second kappa shape index (κ2) is 6.08. The van der Waals surface area contributed by atoms with Gasteiger partial charge in [0.15, 0.2) is 0 Å². The highest BCUT2D eigenvalue weighted by Crippen LogP contribution is 2.17. The van der Waals surface area contributed by atoms with Crippen LogP contribution >= 0.6 is 0 Å². The van der Waals surface area contributed by atoms with Gasteiger partial charge in [0.25, 0.3) is 5.56 Å². The Morgan fingerprint density at radius 2 is 2.14 bits per heavy atom. The van der Waals surface area contributed by atoms with Gasteiger partial charge in [-0.25, -0.2) is 4.98 Å². The summed E-state index contributed by atoms with van der Waals surface area (Å²) in [5.74, 6) is 0.258. The molecule has 0 bridgehead atoms. The summed E-state index contributed by atoms with van der Waals surface area (Å²) in [5.41, 5.74) is 0.721. The molecule has 3 rings (SSSR count). The largest absolute Gasteiger partial charge is 0.356 e. The molecule has 1 amide bonds. The van der Waals surface area contributed by atoms with Crippen LogP contribution < -0.4 is 10.9 Å². The van der Waals surface area contributed by atoms with Crippen LogP contribution in [0.25, 0.3) is 10.9 Å². The molecule has 1 aliphatic rings. The zero-order chi connectivity index (χ0) is 14.7. The molecule has 0 aliphatic carbocycles. The van der Waals surface area contributed by atoms with E-state index in [9.17, 15) is 9.59 Å². The highest BCUT2D eigenvalue weighted by molar-refractivity contribution is 5.79. The first-order valence-corrected chi connectivity index (χ1v) is 7.47. The van der Waals surface area contributed by atoms with Gasteiger partial charge in [-0.3, -0.25) is 14.2 Å². The molecule has 1 atom stereocenters. The van der Waals surface area contributed by atoms with Gasteiger partial charge in [-0.15, -0.1) is 0 Å². The van der Waals surface area contributed by atoms with Gasteiger partial charge in [-0.1, -0.05) is 12.1 Å². The number of piperidine rings is 1. The normalized spacial score (nSPS) is 18.7. The number of hydrogen-bond acceptors (Lipinski definition) is 3. The van der Waals surface area contributed by atoms with Crippen LogP contribution in [0.1, 0.15) is 25.7 Å². The number of carbonyl (C=O) groups excluding carboxylic acids is 1. The molecule has 1 aliphatic heterocycles. The monoisotopic (exact) mass is 285 g/mol. The summed E-state index contributed by atoms with van der Waals surface area (Å²) < 4.78 is 1.64. The SMILES string of the molecule is O=C1NCCCC1CCCn1cnc2ccccc2c1=O. The van der Waals surface area contributed by atoms with Gasteiger partial charge in [0.2, 0.25) is 5.91 Å². The summed E-state index contributed by atoms with van der Waals surface area (Å²) in [7, 11) is 0. The van der Waals surface area contributed by atoms with Gasteiger partial charge in [0, 0.05) is 19.0 Å². The lowest BCUT2D eigenvalue weighted by Crippen LogP contribution is -2.36. The van der Waals surface area contributed by atoms with Crippen LogP contribution in [0.4, 0.5) is 0 Å². The number of aryl methyl sites for hydroxylation is 1. The maximum Gasteiger partial charge on any atom is 0.261 e.